The zero-order valence-electron chi connectivity index (χ0n) is 15.2. The van der Waals surface area contributed by atoms with E-state index in [0.29, 0.717) is 16.4 Å². The summed E-state index contributed by atoms with van der Waals surface area (Å²) in [7, 11) is -1.80. The standard InChI is InChI=1S/C20H19N5O2S/c1-25-20-17(12-24-25)19(22-14-23-20)21-13-18(15-8-4-2-5-9-15)28(26,27)16-10-6-3-7-11-16/h2-12,14,18H,13H2,1H3,(H,21,22,23). The summed E-state index contributed by atoms with van der Waals surface area (Å²) in [6.07, 6.45) is 3.11. The van der Waals surface area contributed by atoms with Crippen molar-refractivity contribution < 1.29 is 8.42 Å². The molecule has 0 spiro atoms. The summed E-state index contributed by atoms with van der Waals surface area (Å²) in [5.74, 6) is 0.558. The maximum atomic E-state index is 13.3. The SMILES string of the molecule is Cn1ncc2c(NCC(c3ccccc3)S(=O)(=O)c3ccccc3)ncnc21. The van der Waals surface area contributed by atoms with E-state index in [-0.39, 0.29) is 6.54 Å². The predicted molar refractivity (Wildman–Crippen MR) is 108 cm³/mol. The Morgan fingerprint density at radius 1 is 1.00 bits per heavy atom. The summed E-state index contributed by atoms with van der Waals surface area (Å²) in [6, 6.07) is 17.7. The van der Waals surface area contributed by atoms with Crippen LogP contribution in [0.1, 0.15) is 10.8 Å². The van der Waals surface area contributed by atoms with Gasteiger partial charge in [-0.15, -0.1) is 0 Å². The van der Waals surface area contributed by atoms with E-state index >= 15 is 0 Å². The number of aromatic nitrogens is 4. The molecule has 0 fully saturated rings. The Balaban J connectivity index is 1.71. The molecule has 4 aromatic rings. The highest BCUT2D eigenvalue weighted by Gasteiger charge is 2.29. The second-order valence-corrected chi connectivity index (χ2v) is 8.50. The molecule has 0 saturated heterocycles. The maximum Gasteiger partial charge on any atom is 0.187 e. The van der Waals surface area contributed by atoms with Crippen LogP contribution in [-0.2, 0) is 16.9 Å². The zero-order valence-corrected chi connectivity index (χ0v) is 16.0. The minimum absolute atomic E-state index is 0.169. The number of benzene rings is 2. The minimum Gasteiger partial charge on any atom is -0.368 e. The zero-order chi connectivity index (χ0) is 19.6. The fourth-order valence-corrected chi connectivity index (χ4v) is 4.82. The smallest absolute Gasteiger partial charge is 0.187 e. The van der Waals surface area contributed by atoms with Crippen molar-refractivity contribution in [3.05, 3.63) is 78.8 Å². The molecule has 2 aromatic heterocycles. The molecule has 7 nitrogen and oxygen atoms in total. The number of nitrogens with zero attached hydrogens (tertiary/aromatic N) is 4. The highest BCUT2D eigenvalue weighted by Crippen LogP contribution is 2.30. The quantitative estimate of drug-likeness (QED) is 0.542. The van der Waals surface area contributed by atoms with Crippen LogP contribution in [0.3, 0.4) is 0 Å². The predicted octanol–water partition coefficient (Wildman–Crippen LogP) is 2.99. The van der Waals surface area contributed by atoms with E-state index in [2.05, 4.69) is 20.4 Å². The number of rotatable bonds is 6. The molecular weight excluding hydrogens is 374 g/mol. The summed E-state index contributed by atoms with van der Waals surface area (Å²) in [5.41, 5.74) is 1.40. The first-order valence-corrected chi connectivity index (χ1v) is 10.3. The second-order valence-electron chi connectivity index (χ2n) is 6.37. The van der Waals surface area contributed by atoms with E-state index in [9.17, 15) is 8.42 Å². The van der Waals surface area contributed by atoms with Crippen molar-refractivity contribution >= 4 is 26.7 Å². The van der Waals surface area contributed by atoms with E-state index in [0.717, 1.165) is 10.9 Å². The van der Waals surface area contributed by atoms with Crippen molar-refractivity contribution in [1.29, 1.82) is 0 Å². The molecule has 1 unspecified atom stereocenters. The van der Waals surface area contributed by atoms with Gasteiger partial charge in [0, 0.05) is 13.6 Å². The highest BCUT2D eigenvalue weighted by atomic mass is 32.2. The highest BCUT2D eigenvalue weighted by molar-refractivity contribution is 7.91. The maximum absolute atomic E-state index is 13.3. The van der Waals surface area contributed by atoms with Crippen LogP contribution in [0.2, 0.25) is 0 Å². The van der Waals surface area contributed by atoms with Crippen LogP contribution in [0.4, 0.5) is 5.82 Å². The lowest BCUT2D eigenvalue weighted by atomic mass is 10.1. The monoisotopic (exact) mass is 393 g/mol. The fourth-order valence-electron chi connectivity index (χ4n) is 3.14. The van der Waals surface area contributed by atoms with Gasteiger partial charge in [-0.3, -0.25) is 4.68 Å². The summed E-state index contributed by atoms with van der Waals surface area (Å²) in [5, 5.41) is 7.36. The molecule has 0 bridgehead atoms. The van der Waals surface area contributed by atoms with Gasteiger partial charge >= 0.3 is 0 Å². The largest absolute Gasteiger partial charge is 0.368 e. The van der Waals surface area contributed by atoms with Crippen LogP contribution in [-0.4, -0.2) is 34.7 Å². The van der Waals surface area contributed by atoms with Crippen molar-refractivity contribution in [2.45, 2.75) is 10.1 Å². The van der Waals surface area contributed by atoms with Gasteiger partial charge in [0.2, 0.25) is 0 Å². The van der Waals surface area contributed by atoms with E-state index in [1.165, 1.54) is 6.33 Å². The van der Waals surface area contributed by atoms with Gasteiger partial charge in [-0.25, -0.2) is 18.4 Å². The van der Waals surface area contributed by atoms with Gasteiger partial charge in [0.15, 0.2) is 15.5 Å². The van der Waals surface area contributed by atoms with Crippen molar-refractivity contribution in [3.63, 3.8) is 0 Å². The Morgan fingerprint density at radius 3 is 2.39 bits per heavy atom. The van der Waals surface area contributed by atoms with E-state index < -0.39 is 15.1 Å². The number of nitrogens with one attached hydrogen (secondary N) is 1. The lowest BCUT2D eigenvalue weighted by molar-refractivity contribution is 0.584. The Hall–Kier alpha value is -3.26. The molecule has 2 aromatic carbocycles. The van der Waals surface area contributed by atoms with Crippen molar-refractivity contribution in [3.8, 4) is 0 Å². The van der Waals surface area contributed by atoms with Crippen molar-refractivity contribution in [1.82, 2.24) is 19.7 Å². The van der Waals surface area contributed by atoms with Crippen LogP contribution in [0.15, 0.2) is 78.1 Å². The summed E-state index contributed by atoms with van der Waals surface area (Å²) in [4.78, 5) is 8.78. The van der Waals surface area contributed by atoms with Crippen LogP contribution in [0, 0.1) is 0 Å². The van der Waals surface area contributed by atoms with E-state index in [4.69, 9.17) is 0 Å². The molecule has 0 aliphatic carbocycles. The third-order valence-electron chi connectivity index (χ3n) is 4.60. The molecule has 1 atom stereocenters. The van der Waals surface area contributed by atoms with E-state index in [1.807, 2.05) is 30.3 Å². The summed E-state index contributed by atoms with van der Waals surface area (Å²) >= 11 is 0. The Bertz CT molecular complexity index is 1190. The van der Waals surface area contributed by atoms with Crippen LogP contribution >= 0.6 is 0 Å². The van der Waals surface area contributed by atoms with Gasteiger partial charge < -0.3 is 5.32 Å². The lowest BCUT2D eigenvalue weighted by Crippen LogP contribution is -2.22. The molecule has 142 valence electrons. The molecule has 0 radical (unpaired) electrons. The lowest BCUT2D eigenvalue weighted by Gasteiger charge is -2.19. The average molecular weight is 393 g/mol. The average Bonchev–Trinajstić information content (AvgIpc) is 3.11. The topological polar surface area (TPSA) is 89.8 Å². The third-order valence-corrected chi connectivity index (χ3v) is 6.72. The van der Waals surface area contributed by atoms with Gasteiger partial charge in [0.1, 0.15) is 17.4 Å². The molecule has 4 rings (SSSR count). The number of hydrogen-bond acceptors (Lipinski definition) is 6. The molecule has 1 N–H and O–H groups in total. The second kappa shape index (κ2) is 7.40. The molecule has 8 heteroatoms. The molecule has 2 heterocycles. The fraction of sp³-hybridized carbons (Fsp3) is 0.150. The van der Waals surface area contributed by atoms with E-state index in [1.54, 1.807) is 48.3 Å². The first-order valence-electron chi connectivity index (χ1n) is 8.78. The number of sulfone groups is 1. The van der Waals surface area contributed by atoms with Crippen LogP contribution in [0.25, 0.3) is 11.0 Å². The van der Waals surface area contributed by atoms with Gasteiger partial charge in [0.25, 0.3) is 0 Å². The molecular formula is C20H19N5O2S. The number of hydrogen-bond donors (Lipinski definition) is 1. The number of fused-ring (bicyclic) bond motifs is 1. The number of aryl methyl sites for hydroxylation is 1. The first kappa shape index (κ1) is 18.1. The van der Waals surface area contributed by atoms with Crippen molar-refractivity contribution in [2.75, 3.05) is 11.9 Å². The van der Waals surface area contributed by atoms with Gasteiger partial charge in [-0.1, -0.05) is 48.5 Å². The van der Waals surface area contributed by atoms with Gasteiger partial charge in [-0.2, -0.15) is 5.10 Å². The molecule has 0 saturated carbocycles. The Labute approximate surface area is 163 Å². The third kappa shape index (κ3) is 3.34. The number of anilines is 1. The minimum atomic E-state index is -3.60. The molecule has 0 aliphatic rings. The summed E-state index contributed by atoms with van der Waals surface area (Å²) < 4.78 is 28.3. The normalized spacial score (nSPS) is 12.8. The van der Waals surface area contributed by atoms with Crippen LogP contribution < -0.4 is 5.32 Å². The first-order chi connectivity index (χ1) is 13.6. The molecule has 28 heavy (non-hydrogen) atoms. The van der Waals surface area contributed by atoms with Gasteiger partial charge in [0.05, 0.1) is 16.5 Å². The van der Waals surface area contributed by atoms with Crippen molar-refractivity contribution in [2.24, 2.45) is 7.05 Å². The van der Waals surface area contributed by atoms with Crippen LogP contribution in [0.5, 0.6) is 0 Å². The summed E-state index contributed by atoms with van der Waals surface area (Å²) in [6.45, 7) is 0.169. The Morgan fingerprint density at radius 2 is 1.68 bits per heavy atom. The van der Waals surface area contributed by atoms with Gasteiger partial charge in [-0.05, 0) is 17.7 Å². The molecule has 0 amide bonds. The Kier molecular flexibility index (Phi) is 4.79. The molecule has 0 aliphatic heterocycles.